The van der Waals surface area contributed by atoms with E-state index in [0.717, 1.165) is 20.9 Å². The number of benzene rings is 2. The van der Waals surface area contributed by atoms with E-state index in [1.807, 2.05) is 16.7 Å². The van der Waals surface area contributed by atoms with Crippen LogP contribution in [0, 0.1) is 5.82 Å². The molecule has 0 unspecified atom stereocenters. The van der Waals surface area contributed by atoms with Gasteiger partial charge >= 0.3 is 0 Å². The van der Waals surface area contributed by atoms with Crippen LogP contribution in [0.1, 0.15) is 5.56 Å². The van der Waals surface area contributed by atoms with Gasteiger partial charge < -0.3 is 0 Å². The van der Waals surface area contributed by atoms with Gasteiger partial charge in [0.2, 0.25) is 0 Å². The number of nitrogens with zero attached hydrogens (tertiary/aromatic N) is 3. The Morgan fingerprint density at radius 2 is 1.79 bits per heavy atom. The van der Waals surface area contributed by atoms with Crippen molar-refractivity contribution >= 4 is 27.7 Å². The zero-order chi connectivity index (χ0) is 16.9. The van der Waals surface area contributed by atoms with Crippen molar-refractivity contribution in [1.82, 2.24) is 14.8 Å². The van der Waals surface area contributed by atoms with E-state index in [1.165, 1.54) is 17.7 Å². The van der Waals surface area contributed by atoms with Crippen LogP contribution < -0.4 is 0 Å². The molecule has 6 heteroatoms. The van der Waals surface area contributed by atoms with E-state index in [4.69, 9.17) is 0 Å². The third-order valence-corrected chi connectivity index (χ3v) is 4.98. The number of aromatic nitrogens is 3. The Bertz CT molecular complexity index is 828. The third-order valence-electron chi connectivity index (χ3n) is 3.41. The minimum absolute atomic E-state index is 0.265. The molecule has 3 aromatic rings. The lowest BCUT2D eigenvalue weighted by Gasteiger charge is -2.08. The fourth-order valence-electron chi connectivity index (χ4n) is 2.23. The van der Waals surface area contributed by atoms with Crippen molar-refractivity contribution in [2.45, 2.75) is 17.5 Å². The average Bonchev–Trinajstić information content (AvgIpc) is 2.98. The van der Waals surface area contributed by atoms with Crippen LogP contribution in [0.3, 0.4) is 0 Å². The average molecular weight is 404 g/mol. The molecule has 0 aliphatic heterocycles. The number of allylic oxidation sites excluding steroid dienone is 1. The topological polar surface area (TPSA) is 30.7 Å². The Balaban J connectivity index is 1.84. The van der Waals surface area contributed by atoms with Crippen LogP contribution >= 0.6 is 27.7 Å². The molecule has 0 amide bonds. The molecule has 0 radical (unpaired) electrons. The Morgan fingerprint density at radius 1 is 1.08 bits per heavy atom. The highest BCUT2D eigenvalue weighted by Crippen LogP contribution is 2.27. The van der Waals surface area contributed by atoms with Crippen LogP contribution in [-0.2, 0) is 12.3 Å². The summed E-state index contributed by atoms with van der Waals surface area (Å²) in [6, 6.07) is 14.5. The monoisotopic (exact) mass is 403 g/mol. The van der Waals surface area contributed by atoms with Crippen molar-refractivity contribution in [3.63, 3.8) is 0 Å². The molecule has 0 saturated carbocycles. The lowest BCUT2D eigenvalue weighted by Crippen LogP contribution is -2.00. The molecular weight excluding hydrogens is 389 g/mol. The van der Waals surface area contributed by atoms with Crippen LogP contribution in [0.2, 0.25) is 0 Å². The predicted octanol–water partition coefficient (Wildman–Crippen LogP) is 5.33. The van der Waals surface area contributed by atoms with Crippen LogP contribution in [-0.4, -0.2) is 14.8 Å². The maximum absolute atomic E-state index is 13.1. The first-order valence-corrected chi connectivity index (χ1v) is 9.12. The highest BCUT2D eigenvalue weighted by molar-refractivity contribution is 9.10. The van der Waals surface area contributed by atoms with E-state index >= 15 is 0 Å². The Labute approximate surface area is 152 Å². The van der Waals surface area contributed by atoms with Gasteiger partial charge in [0.1, 0.15) is 5.82 Å². The van der Waals surface area contributed by atoms with Crippen LogP contribution in [0.25, 0.3) is 11.4 Å². The maximum atomic E-state index is 13.1. The minimum Gasteiger partial charge on any atom is -0.298 e. The van der Waals surface area contributed by atoms with Gasteiger partial charge in [-0.15, -0.1) is 16.8 Å². The van der Waals surface area contributed by atoms with Crippen molar-refractivity contribution in [3.8, 4) is 11.4 Å². The van der Waals surface area contributed by atoms with Crippen LogP contribution in [0.15, 0.2) is 70.8 Å². The molecule has 0 fully saturated rings. The van der Waals surface area contributed by atoms with E-state index in [-0.39, 0.29) is 5.82 Å². The highest BCUT2D eigenvalue weighted by Gasteiger charge is 2.13. The smallest absolute Gasteiger partial charge is 0.192 e. The molecule has 0 aliphatic rings. The summed E-state index contributed by atoms with van der Waals surface area (Å²) in [5.41, 5.74) is 2.04. The largest absolute Gasteiger partial charge is 0.298 e. The first-order chi connectivity index (χ1) is 11.7. The first kappa shape index (κ1) is 16.9. The second-order valence-electron chi connectivity index (χ2n) is 5.13. The second kappa shape index (κ2) is 7.77. The summed E-state index contributed by atoms with van der Waals surface area (Å²) in [5, 5.41) is 9.38. The number of halogens is 2. The van der Waals surface area contributed by atoms with Crippen LogP contribution in [0.5, 0.6) is 0 Å². The van der Waals surface area contributed by atoms with E-state index in [1.54, 1.807) is 30.0 Å². The molecule has 1 heterocycles. The van der Waals surface area contributed by atoms with Gasteiger partial charge in [0.15, 0.2) is 11.0 Å². The molecule has 24 heavy (non-hydrogen) atoms. The van der Waals surface area contributed by atoms with Crippen LogP contribution in [0.4, 0.5) is 4.39 Å². The fraction of sp³-hybridized carbons (Fsp3) is 0.111. The van der Waals surface area contributed by atoms with E-state index in [0.29, 0.717) is 12.4 Å². The fourth-order valence-corrected chi connectivity index (χ4v) is 3.40. The predicted molar refractivity (Wildman–Crippen MR) is 99.3 cm³/mol. The van der Waals surface area contributed by atoms with Gasteiger partial charge in [-0.2, -0.15) is 0 Å². The number of hydrogen-bond donors (Lipinski definition) is 0. The SMILES string of the molecule is C=CCn1c(SCc2ccc(Br)cc2)nnc1-c1ccc(F)cc1. The minimum atomic E-state index is -0.265. The van der Waals surface area contributed by atoms with Gasteiger partial charge in [0, 0.05) is 22.3 Å². The third kappa shape index (κ3) is 3.94. The first-order valence-electron chi connectivity index (χ1n) is 7.34. The maximum Gasteiger partial charge on any atom is 0.192 e. The number of hydrogen-bond acceptors (Lipinski definition) is 3. The Morgan fingerprint density at radius 3 is 2.46 bits per heavy atom. The Hall–Kier alpha value is -1.92. The molecule has 0 aliphatic carbocycles. The summed E-state index contributed by atoms with van der Waals surface area (Å²) in [4.78, 5) is 0. The summed E-state index contributed by atoms with van der Waals surface area (Å²) < 4.78 is 16.2. The summed E-state index contributed by atoms with van der Waals surface area (Å²) >= 11 is 5.05. The summed E-state index contributed by atoms with van der Waals surface area (Å²) in [6.07, 6.45) is 1.81. The molecule has 3 nitrogen and oxygen atoms in total. The molecule has 2 aromatic carbocycles. The van der Waals surface area contributed by atoms with E-state index in [9.17, 15) is 4.39 Å². The molecule has 122 valence electrons. The molecular formula is C18H15BrFN3S. The van der Waals surface area contributed by atoms with Gasteiger partial charge in [0.25, 0.3) is 0 Å². The van der Waals surface area contributed by atoms with Gasteiger partial charge in [0.05, 0.1) is 0 Å². The van der Waals surface area contributed by atoms with Crippen molar-refractivity contribution in [3.05, 3.63) is 77.0 Å². The summed E-state index contributed by atoms with van der Waals surface area (Å²) in [6.45, 7) is 4.40. The van der Waals surface area contributed by atoms with E-state index in [2.05, 4.69) is 44.8 Å². The molecule has 0 spiro atoms. The van der Waals surface area contributed by atoms with Gasteiger partial charge in [-0.25, -0.2) is 4.39 Å². The Kier molecular flexibility index (Phi) is 5.48. The van der Waals surface area contributed by atoms with Crippen molar-refractivity contribution in [2.75, 3.05) is 0 Å². The lowest BCUT2D eigenvalue weighted by atomic mass is 10.2. The standard InChI is InChI=1S/C18H15BrFN3S/c1-2-11-23-17(14-5-9-16(20)10-6-14)21-22-18(23)24-12-13-3-7-15(19)8-4-13/h2-10H,1,11-12H2. The highest BCUT2D eigenvalue weighted by atomic mass is 79.9. The zero-order valence-electron chi connectivity index (χ0n) is 12.8. The van der Waals surface area contributed by atoms with Crippen molar-refractivity contribution in [1.29, 1.82) is 0 Å². The second-order valence-corrected chi connectivity index (χ2v) is 6.99. The molecule has 0 N–H and O–H groups in total. The molecule has 3 rings (SSSR count). The number of thioether (sulfide) groups is 1. The molecule has 0 saturated heterocycles. The molecule has 1 aromatic heterocycles. The normalized spacial score (nSPS) is 10.8. The summed E-state index contributed by atoms with van der Waals surface area (Å²) in [5.74, 6) is 1.25. The molecule has 0 bridgehead atoms. The zero-order valence-corrected chi connectivity index (χ0v) is 15.2. The quantitative estimate of drug-likeness (QED) is 0.411. The molecule has 0 atom stereocenters. The van der Waals surface area contributed by atoms with Gasteiger partial charge in [-0.1, -0.05) is 45.9 Å². The van der Waals surface area contributed by atoms with Crippen molar-refractivity contribution in [2.24, 2.45) is 0 Å². The number of rotatable bonds is 6. The van der Waals surface area contributed by atoms with E-state index < -0.39 is 0 Å². The van der Waals surface area contributed by atoms with Gasteiger partial charge in [-0.05, 0) is 42.0 Å². The van der Waals surface area contributed by atoms with Crippen molar-refractivity contribution < 1.29 is 4.39 Å². The summed E-state index contributed by atoms with van der Waals surface area (Å²) in [7, 11) is 0. The lowest BCUT2D eigenvalue weighted by molar-refractivity contribution is 0.628. The van der Waals surface area contributed by atoms with Gasteiger partial charge in [-0.3, -0.25) is 4.57 Å².